The zero-order valence-corrected chi connectivity index (χ0v) is 10.8. The van der Waals surface area contributed by atoms with Gasteiger partial charge in [0, 0.05) is 19.7 Å². The fourth-order valence-corrected chi connectivity index (χ4v) is 1.51. The molecule has 1 N–H and O–H groups in total. The SMILES string of the molecule is CCCNc1cc(Oc2cnn(C)c2)nc(C)n1. The van der Waals surface area contributed by atoms with Gasteiger partial charge in [-0.2, -0.15) is 10.1 Å². The molecular formula is C12H17N5O. The molecule has 0 aliphatic carbocycles. The lowest BCUT2D eigenvalue weighted by atomic mass is 10.4. The summed E-state index contributed by atoms with van der Waals surface area (Å²) in [5.41, 5.74) is 0. The Morgan fingerprint density at radius 1 is 1.39 bits per heavy atom. The molecule has 0 unspecified atom stereocenters. The van der Waals surface area contributed by atoms with E-state index in [1.165, 1.54) is 0 Å². The van der Waals surface area contributed by atoms with Gasteiger partial charge in [0.05, 0.1) is 12.4 Å². The van der Waals surface area contributed by atoms with Gasteiger partial charge in [-0.3, -0.25) is 4.68 Å². The molecule has 0 aliphatic rings. The van der Waals surface area contributed by atoms with Crippen molar-refractivity contribution in [1.82, 2.24) is 19.7 Å². The Morgan fingerprint density at radius 3 is 2.89 bits per heavy atom. The summed E-state index contributed by atoms with van der Waals surface area (Å²) < 4.78 is 7.31. The van der Waals surface area contributed by atoms with Crippen molar-refractivity contribution in [3.05, 3.63) is 24.3 Å². The monoisotopic (exact) mass is 247 g/mol. The van der Waals surface area contributed by atoms with Crippen LogP contribution in [-0.2, 0) is 7.05 Å². The van der Waals surface area contributed by atoms with Crippen LogP contribution in [0.25, 0.3) is 0 Å². The molecule has 0 atom stereocenters. The van der Waals surface area contributed by atoms with Gasteiger partial charge in [-0.1, -0.05) is 6.92 Å². The van der Waals surface area contributed by atoms with Gasteiger partial charge in [0.15, 0.2) is 5.75 Å². The van der Waals surface area contributed by atoms with Crippen LogP contribution in [0.2, 0.25) is 0 Å². The number of nitrogens with zero attached hydrogens (tertiary/aromatic N) is 4. The third-order valence-electron chi connectivity index (χ3n) is 2.27. The molecule has 0 spiro atoms. The second-order valence-corrected chi connectivity index (χ2v) is 4.02. The maximum absolute atomic E-state index is 5.63. The summed E-state index contributed by atoms with van der Waals surface area (Å²) in [7, 11) is 1.84. The number of rotatable bonds is 5. The number of nitrogens with one attached hydrogen (secondary N) is 1. The predicted molar refractivity (Wildman–Crippen MR) is 68.8 cm³/mol. The lowest BCUT2D eigenvalue weighted by Gasteiger charge is -2.07. The average Bonchev–Trinajstić information content (AvgIpc) is 2.71. The number of aryl methyl sites for hydroxylation is 2. The summed E-state index contributed by atoms with van der Waals surface area (Å²) in [6.45, 7) is 4.82. The Labute approximate surface area is 106 Å². The van der Waals surface area contributed by atoms with E-state index in [1.807, 2.05) is 14.0 Å². The highest BCUT2D eigenvalue weighted by molar-refractivity contribution is 5.39. The first kappa shape index (κ1) is 12.3. The van der Waals surface area contributed by atoms with Gasteiger partial charge < -0.3 is 10.1 Å². The van der Waals surface area contributed by atoms with Crippen LogP contribution in [0.4, 0.5) is 5.82 Å². The summed E-state index contributed by atoms with van der Waals surface area (Å²) in [5.74, 6) is 2.64. The van der Waals surface area contributed by atoms with E-state index in [-0.39, 0.29) is 0 Å². The predicted octanol–water partition coefficient (Wildman–Crippen LogP) is 2.13. The summed E-state index contributed by atoms with van der Waals surface area (Å²) in [6.07, 6.45) is 4.48. The molecule has 96 valence electrons. The highest BCUT2D eigenvalue weighted by Gasteiger charge is 2.05. The standard InChI is InChI=1S/C12H17N5O/c1-4-5-13-11-6-12(16-9(2)15-11)18-10-7-14-17(3)8-10/h6-8H,4-5H2,1-3H3,(H,13,15,16). The van der Waals surface area contributed by atoms with Crippen LogP contribution in [0, 0.1) is 6.92 Å². The molecule has 6 heteroatoms. The van der Waals surface area contributed by atoms with Crippen LogP contribution < -0.4 is 10.1 Å². The molecule has 0 saturated carbocycles. The van der Waals surface area contributed by atoms with Gasteiger partial charge in [-0.15, -0.1) is 0 Å². The Hall–Kier alpha value is -2.11. The fraction of sp³-hybridized carbons (Fsp3) is 0.417. The molecule has 6 nitrogen and oxygen atoms in total. The minimum Gasteiger partial charge on any atom is -0.436 e. The van der Waals surface area contributed by atoms with E-state index >= 15 is 0 Å². The number of hydrogen-bond acceptors (Lipinski definition) is 5. The average molecular weight is 247 g/mol. The summed E-state index contributed by atoms with van der Waals surface area (Å²) in [4.78, 5) is 8.53. The molecule has 0 bridgehead atoms. The van der Waals surface area contributed by atoms with E-state index in [9.17, 15) is 0 Å². The third kappa shape index (κ3) is 3.19. The Morgan fingerprint density at radius 2 is 2.22 bits per heavy atom. The first-order chi connectivity index (χ1) is 8.67. The summed E-state index contributed by atoms with van der Waals surface area (Å²) >= 11 is 0. The highest BCUT2D eigenvalue weighted by Crippen LogP contribution is 2.20. The molecule has 2 heterocycles. The Balaban J connectivity index is 2.14. The zero-order valence-electron chi connectivity index (χ0n) is 10.8. The molecule has 2 aromatic rings. The number of anilines is 1. The van der Waals surface area contributed by atoms with Gasteiger partial charge in [0.1, 0.15) is 11.6 Å². The summed E-state index contributed by atoms with van der Waals surface area (Å²) in [6, 6.07) is 1.79. The van der Waals surface area contributed by atoms with E-state index in [2.05, 4.69) is 27.3 Å². The van der Waals surface area contributed by atoms with Crippen molar-refractivity contribution in [3.63, 3.8) is 0 Å². The molecule has 0 aromatic carbocycles. The zero-order chi connectivity index (χ0) is 13.0. The van der Waals surface area contributed by atoms with Crippen molar-refractivity contribution >= 4 is 5.82 Å². The molecular weight excluding hydrogens is 230 g/mol. The van der Waals surface area contributed by atoms with E-state index in [1.54, 1.807) is 23.1 Å². The number of aromatic nitrogens is 4. The minimum absolute atomic E-state index is 0.522. The maximum atomic E-state index is 5.63. The first-order valence-electron chi connectivity index (χ1n) is 5.93. The second-order valence-electron chi connectivity index (χ2n) is 4.02. The lowest BCUT2D eigenvalue weighted by Crippen LogP contribution is -2.04. The second kappa shape index (κ2) is 5.48. The van der Waals surface area contributed by atoms with Crippen LogP contribution in [0.5, 0.6) is 11.6 Å². The smallest absolute Gasteiger partial charge is 0.224 e. The van der Waals surface area contributed by atoms with Crippen LogP contribution in [0.1, 0.15) is 19.2 Å². The van der Waals surface area contributed by atoms with Gasteiger partial charge >= 0.3 is 0 Å². The minimum atomic E-state index is 0.522. The van der Waals surface area contributed by atoms with Crippen molar-refractivity contribution in [2.24, 2.45) is 7.05 Å². The Bertz CT molecular complexity index is 523. The lowest BCUT2D eigenvalue weighted by molar-refractivity contribution is 0.459. The normalized spacial score (nSPS) is 10.4. The quantitative estimate of drug-likeness (QED) is 0.876. The molecule has 18 heavy (non-hydrogen) atoms. The molecule has 0 amide bonds. The molecule has 0 radical (unpaired) electrons. The van der Waals surface area contributed by atoms with Crippen LogP contribution >= 0.6 is 0 Å². The fourth-order valence-electron chi connectivity index (χ4n) is 1.51. The molecule has 2 aromatic heterocycles. The van der Waals surface area contributed by atoms with Crippen LogP contribution in [0.15, 0.2) is 18.5 Å². The maximum Gasteiger partial charge on any atom is 0.224 e. The van der Waals surface area contributed by atoms with E-state index in [0.29, 0.717) is 17.5 Å². The Kier molecular flexibility index (Phi) is 3.76. The summed E-state index contributed by atoms with van der Waals surface area (Å²) in [5, 5.41) is 7.25. The molecule has 0 fully saturated rings. The van der Waals surface area contributed by atoms with Gasteiger partial charge in [0.25, 0.3) is 0 Å². The van der Waals surface area contributed by atoms with E-state index in [4.69, 9.17) is 4.74 Å². The number of ether oxygens (including phenoxy) is 1. The van der Waals surface area contributed by atoms with Crippen molar-refractivity contribution in [3.8, 4) is 11.6 Å². The van der Waals surface area contributed by atoms with Crippen molar-refractivity contribution < 1.29 is 4.74 Å². The van der Waals surface area contributed by atoms with Crippen molar-refractivity contribution in [2.45, 2.75) is 20.3 Å². The number of hydrogen-bond donors (Lipinski definition) is 1. The van der Waals surface area contributed by atoms with E-state index in [0.717, 1.165) is 18.8 Å². The van der Waals surface area contributed by atoms with Crippen LogP contribution in [-0.4, -0.2) is 26.3 Å². The van der Waals surface area contributed by atoms with Gasteiger partial charge in [0.2, 0.25) is 5.88 Å². The molecule has 0 saturated heterocycles. The third-order valence-corrected chi connectivity index (χ3v) is 2.27. The topological polar surface area (TPSA) is 64.9 Å². The first-order valence-corrected chi connectivity index (χ1v) is 5.93. The largest absolute Gasteiger partial charge is 0.436 e. The van der Waals surface area contributed by atoms with Gasteiger partial charge in [-0.25, -0.2) is 4.98 Å². The molecule has 0 aliphatic heterocycles. The van der Waals surface area contributed by atoms with Gasteiger partial charge in [-0.05, 0) is 13.3 Å². The van der Waals surface area contributed by atoms with Crippen molar-refractivity contribution in [2.75, 3.05) is 11.9 Å². The van der Waals surface area contributed by atoms with E-state index < -0.39 is 0 Å². The van der Waals surface area contributed by atoms with Crippen molar-refractivity contribution in [1.29, 1.82) is 0 Å². The molecule has 2 rings (SSSR count). The van der Waals surface area contributed by atoms with Crippen LogP contribution in [0.3, 0.4) is 0 Å². The highest BCUT2D eigenvalue weighted by atomic mass is 16.5.